The monoisotopic (exact) mass is 318 g/mol. The largest absolute Gasteiger partial charge is 0.480 e. The van der Waals surface area contributed by atoms with Gasteiger partial charge in [0.05, 0.1) is 13.7 Å². The molecule has 2 heterocycles. The van der Waals surface area contributed by atoms with E-state index in [1.165, 1.54) is 7.11 Å². The number of hydrogen-bond acceptors (Lipinski definition) is 7. The molecule has 2 aromatic heterocycles. The van der Waals surface area contributed by atoms with Crippen LogP contribution in [0.4, 0.5) is 0 Å². The van der Waals surface area contributed by atoms with E-state index in [1.807, 2.05) is 6.07 Å². The topological polar surface area (TPSA) is 99.4 Å². The van der Waals surface area contributed by atoms with Crippen LogP contribution >= 0.6 is 0 Å². The summed E-state index contributed by atoms with van der Waals surface area (Å²) in [5, 5.41) is 10.0. The van der Waals surface area contributed by atoms with Crippen molar-refractivity contribution >= 4 is 5.91 Å². The molecule has 23 heavy (non-hydrogen) atoms. The van der Waals surface area contributed by atoms with E-state index in [0.717, 1.165) is 30.5 Å². The van der Waals surface area contributed by atoms with Crippen molar-refractivity contribution in [1.82, 2.24) is 20.6 Å². The lowest BCUT2D eigenvalue weighted by Gasteiger charge is -2.11. The van der Waals surface area contributed by atoms with Gasteiger partial charge < -0.3 is 14.8 Å². The molecule has 8 heteroatoms. The van der Waals surface area contributed by atoms with Crippen LogP contribution in [0.2, 0.25) is 0 Å². The summed E-state index contributed by atoms with van der Waals surface area (Å²) < 4.78 is 15.1. The molecule has 0 saturated heterocycles. The average molecular weight is 318 g/mol. The summed E-state index contributed by atoms with van der Waals surface area (Å²) in [4.78, 5) is 16.7. The molecule has 2 aromatic rings. The van der Waals surface area contributed by atoms with Crippen LogP contribution in [-0.2, 0) is 12.8 Å². The van der Waals surface area contributed by atoms with E-state index in [4.69, 9.17) is 9.47 Å². The second-order valence-electron chi connectivity index (χ2n) is 5.26. The number of carbonyl (C=O) groups is 1. The van der Waals surface area contributed by atoms with Crippen molar-refractivity contribution in [3.63, 3.8) is 0 Å². The number of rotatable bonds is 6. The Kier molecular flexibility index (Phi) is 4.40. The van der Waals surface area contributed by atoms with Crippen LogP contribution in [0.25, 0.3) is 0 Å². The maximum Gasteiger partial charge on any atom is 0.278 e. The first-order chi connectivity index (χ1) is 11.2. The van der Waals surface area contributed by atoms with Gasteiger partial charge >= 0.3 is 0 Å². The van der Waals surface area contributed by atoms with E-state index in [2.05, 4.69) is 25.2 Å². The Labute approximate surface area is 133 Å². The number of pyridine rings is 1. The highest BCUT2D eigenvalue weighted by Gasteiger charge is 2.20. The van der Waals surface area contributed by atoms with Crippen molar-refractivity contribution in [3.8, 4) is 11.8 Å². The Morgan fingerprint density at radius 3 is 2.96 bits per heavy atom. The SMILES string of the molecule is COc1nc2c(cc1C(=O)NCCOc1nonc1C)CCC2. The second-order valence-corrected chi connectivity index (χ2v) is 5.26. The minimum atomic E-state index is -0.234. The van der Waals surface area contributed by atoms with E-state index >= 15 is 0 Å². The molecular weight excluding hydrogens is 300 g/mol. The fourth-order valence-corrected chi connectivity index (χ4v) is 2.53. The fraction of sp³-hybridized carbons (Fsp3) is 0.467. The first-order valence-corrected chi connectivity index (χ1v) is 7.46. The average Bonchev–Trinajstić information content (AvgIpc) is 3.18. The number of carbonyl (C=O) groups excluding carboxylic acids is 1. The fourth-order valence-electron chi connectivity index (χ4n) is 2.53. The molecule has 0 saturated carbocycles. The third-order valence-electron chi connectivity index (χ3n) is 3.69. The quantitative estimate of drug-likeness (QED) is 0.795. The standard InChI is InChI=1S/C15H18N4O4/c1-9-14(19-23-18-9)22-7-6-16-13(20)11-8-10-4-3-5-12(10)17-15(11)21-2/h8H,3-7H2,1-2H3,(H,16,20). The van der Waals surface area contributed by atoms with E-state index in [1.54, 1.807) is 6.92 Å². The number of nitrogens with zero attached hydrogens (tertiary/aromatic N) is 3. The number of aryl methyl sites for hydroxylation is 3. The molecule has 1 aliphatic rings. The lowest BCUT2D eigenvalue weighted by Crippen LogP contribution is -2.29. The number of methoxy groups -OCH3 is 1. The highest BCUT2D eigenvalue weighted by Crippen LogP contribution is 2.26. The van der Waals surface area contributed by atoms with E-state index in [0.29, 0.717) is 29.6 Å². The van der Waals surface area contributed by atoms with Gasteiger partial charge in [0.2, 0.25) is 5.88 Å². The molecule has 0 fully saturated rings. The smallest absolute Gasteiger partial charge is 0.278 e. The van der Waals surface area contributed by atoms with Crippen molar-refractivity contribution in [2.24, 2.45) is 0 Å². The molecule has 8 nitrogen and oxygen atoms in total. The highest BCUT2D eigenvalue weighted by molar-refractivity contribution is 5.96. The van der Waals surface area contributed by atoms with Gasteiger partial charge in [-0.15, -0.1) is 0 Å². The molecular formula is C15H18N4O4. The van der Waals surface area contributed by atoms with E-state index < -0.39 is 0 Å². The molecule has 122 valence electrons. The van der Waals surface area contributed by atoms with Gasteiger partial charge in [-0.05, 0) is 43.0 Å². The summed E-state index contributed by atoms with van der Waals surface area (Å²) >= 11 is 0. The lowest BCUT2D eigenvalue weighted by atomic mass is 10.1. The zero-order chi connectivity index (χ0) is 16.2. The van der Waals surface area contributed by atoms with Gasteiger partial charge in [0.15, 0.2) is 0 Å². The molecule has 0 atom stereocenters. The van der Waals surface area contributed by atoms with Gasteiger partial charge in [0.25, 0.3) is 11.8 Å². The van der Waals surface area contributed by atoms with Crippen LogP contribution in [0.3, 0.4) is 0 Å². The number of fused-ring (bicyclic) bond motifs is 1. The summed E-state index contributed by atoms with van der Waals surface area (Å²) in [5.74, 6) is 0.458. The molecule has 3 rings (SSSR count). The summed E-state index contributed by atoms with van der Waals surface area (Å²) in [6.07, 6.45) is 2.95. The van der Waals surface area contributed by atoms with E-state index in [9.17, 15) is 4.79 Å². The van der Waals surface area contributed by atoms with Crippen molar-refractivity contribution in [2.45, 2.75) is 26.2 Å². The highest BCUT2D eigenvalue weighted by atomic mass is 16.6. The van der Waals surface area contributed by atoms with Crippen LogP contribution in [0, 0.1) is 6.92 Å². The maximum atomic E-state index is 12.3. The predicted octanol–water partition coefficient (Wildman–Crippen LogP) is 1.08. The van der Waals surface area contributed by atoms with Crippen molar-refractivity contribution in [1.29, 1.82) is 0 Å². The number of aromatic nitrogens is 3. The first kappa shape index (κ1) is 15.3. The molecule has 1 amide bonds. The van der Waals surface area contributed by atoms with Gasteiger partial charge in [-0.1, -0.05) is 5.16 Å². The van der Waals surface area contributed by atoms with Gasteiger partial charge in [-0.25, -0.2) is 9.61 Å². The third-order valence-corrected chi connectivity index (χ3v) is 3.69. The van der Waals surface area contributed by atoms with Crippen LogP contribution in [0.5, 0.6) is 11.8 Å². The second kappa shape index (κ2) is 6.64. The van der Waals surface area contributed by atoms with Crippen LogP contribution < -0.4 is 14.8 Å². The van der Waals surface area contributed by atoms with E-state index in [-0.39, 0.29) is 12.5 Å². The Bertz CT molecular complexity index is 713. The summed E-state index contributed by atoms with van der Waals surface area (Å²) in [6, 6.07) is 1.87. The van der Waals surface area contributed by atoms with Gasteiger partial charge in [-0.3, -0.25) is 4.79 Å². The maximum absolute atomic E-state index is 12.3. The van der Waals surface area contributed by atoms with Crippen LogP contribution in [-0.4, -0.2) is 41.5 Å². The molecule has 0 unspecified atom stereocenters. The van der Waals surface area contributed by atoms with Crippen LogP contribution in [0.1, 0.15) is 33.7 Å². The Morgan fingerprint density at radius 2 is 2.22 bits per heavy atom. The zero-order valence-electron chi connectivity index (χ0n) is 13.1. The molecule has 1 N–H and O–H groups in total. The normalized spacial score (nSPS) is 12.8. The Hall–Kier alpha value is -2.64. The van der Waals surface area contributed by atoms with Crippen molar-refractivity contribution in [3.05, 3.63) is 28.6 Å². The Balaban J connectivity index is 1.59. The zero-order valence-corrected chi connectivity index (χ0v) is 13.1. The predicted molar refractivity (Wildman–Crippen MR) is 79.7 cm³/mol. The minimum absolute atomic E-state index is 0.234. The lowest BCUT2D eigenvalue weighted by molar-refractivity contribution is 0.0942. The van der Waals surface area contributed by atoms with Crippen molar-refractivity contribution < 1.29 is 18.9 Å². The summed E-state index contributed by atoms with van der Waals surface area (Å²) in [7, 11) is 1.52. The summed E-state index contributed by atoms with van der Waals surface area (Å²) in [5.41, 5.74) is 3.17. The van der Waals surface area contributed by atoms with Gasteiger partial charge in [-0.2, -0.15) is 0 Å². The molecule has 0 radical (unpaired) electrons. The van der Waals surface area contributed by atoms with Gasteiger partial charge in [0, 0.05) is 5.69 Å². The summed E-state index contributed by atoms with van der Waals surface area (Å²) in [6.45, 7) is 2.32. The number of ether oxygens (including phenoxy) is 2. The van der Waals surface area contributed by atoms with Crippen LogP contribution in [0.15, 0.2) is 10.7 Å². The number of hydrogen-bond donors (Lipinski definition) is 1. The molecule has 1 aliphatic carbocycles. The Morgan fingerprint density at radius 1 is 1.35 bits per heavy atom. The first-order valence-electron chi connectivity index (χ1n) is 7.46. The molecule has 0 aromatic carbocycles. The van der Waals surface area contributed by atoms with Gasteiger partial charge in [0.1, 0.15) is 17.9 Å². The minimum Gasteiger partial charge on any atom is -0.480 e. The number of nitrogens with one attached hydrogen (secondary N) is 1. The third kappa shape index (κ3) is 3.25. The van der Waals surface area contributed by atoms with Crippen molar-refractivity contribution in [2.75, 3.05) is 20.3 Å². The molecule has 0 bridgehead atoms. The molecule has 0 aliphatic heterocycles. The number of amides is 1. The molecule has 0 spiro atoms.